The van der Waals surface area contributed by atoms with Crippen LogP contribution in [0.4, 0.5) is 0 Å². The number of hydrogen-bond acceptors (Lipinski definition) is 3. The molecule has 0 aromatic heterocycles. The average Bonchev–Trinajstić information content (AvgIpc) is 2.27. The highest BCUT2D eigenvalue weighted by Gasteiger charge is 2.12. The minimum Gasteiger partial charge on any atom is -0.294 e. The van der Waals surface area contributed by atoms with Gasteiger partial charge in [0.2, 0.25) is 0 Å². The molecule has 0 N–H and O–H groups in total. The summed E-state index contributed by atoms with van der Waals surface area (Å²) in [5.41, 5.74) is 0.581. The van der Waals surface area contributed by atoms with E-state index < -0.39 is 9.84 Å². The predicted octanol–water partition coefficient (Wildman–Crippen LogP) is 2.71. The SMILES string of the molecule is CCC(C)CC(=O)c1ccc(S(C)(=O)=O)cc1. The minimum atomic E-state index is -3.18. The molecule has 94 valence electrons. The Labute approximate surface area is 103 Å². The highest BCUT2D eigenvalue weighted by molar-refractivity contribution is 7.90. The maximum Gasteiger partial charge on any atom is 0.175 e. The summed E-state index contributed by atoms with van der Waals surface area (Å²) in [6.07, 6.45) is 2.63. The number of carbonyl (C=O) groups excluding carboxylic acids is 1. The first-order chi connectivity index (χ1) is 7.84. The number of carbonyl (C=O) groups is 1. The summed E-state index contributed by atoms with van der Waals surface area (Å²) in [5.74, 6) is 0.427. The van der Waals surface area contributed by atoms with E-state index in [0.717, 1.165) is 12.7 Å². The van der Waals surface area contributed by atoms with E-state index in [4.69, 9.17) is 0 Å². The molecule has 17 heavy (non-hydrogen) atoms. The van der Waals surface area contributed by atoms with Gasteiger partial charge in [0.05, 0.1) is 4.90 Å². The quantitative estimate of drug-likeness (QED) is 0.759. The van der Waals surface area contributed by atoms with Gasteiger partial charge in [0.1, 0.15) is 0 Å². The Morgan fingerprint density at radius 1 is 1.24 bits per heavy atom. The van der Waals surface area contributed by atoms with Crippen molar-refractivity contribution in [3.05, 3.63) is 29.8 Å². The van der Waals surface area contributed by atoms with Gasteiger partial charge >= 0.3 is 0 Å². The molecule has 4 heteroatoms. The van der Waals surface area contributed by atoms with Gasteiger partial charge in [-0.3, -0.25) is 4.79 Å². The van der Waals surface area contributed by atoms with E-state index in [0.29, 0.717) is 17.9 Å². The monoisotopic (exact) mass is 254 g/mol. The molecule has 1 rings (SSSR count). The molecule has 0 aliphatic heterocycles. The molecule has 1 atom stereocenters. The maximum atomic E-state index is 11.8. The second kappa shape index (κ2) is 5.45. The van der Waals surface area contributed by atoms with Crippen molar-refractivity contribution < 1.29 is 13.2 Å². The third kappa shape index (κ3) is 3.97. The fourth-order valence-corrected chi connectivity index (χ4v) is 2.10. The Morgan fingerprint density at radius 2 is 1.76 bits per heavy atom. The zero-order valence-corrected chi connectivity index (χ0v) is 11.3. The third-order valence-electron chi connectivity index (χ3n) is 2.84. The molecule has 1 aromatic rings. The van der Waals surface area contributed by atoms with E-state index in [1.54, 1.807) is 12.1 Å². The summed E-state index contributed by atoms with van der Waals surface area (Å²) in [5, 5.41) is 0. The normalized spacial score (nSPS) is 13.4. The van der Waals surface area contributed by atoms with Gasteiger partial charge in [-0.15, -0.1) is 0 Å². The first-order valence-electron chi connectivity index (χ1n) is 5.68. The molecule has 1 unspecified atom stereocenters. The van der Waals surface area contributed by atoms with Gasteiger partial charge in [0.25, 0.3) is 0 Å². The molecule has 0 heterocycles. The lowest BCUT2D eigenvalue weighted by atomic mass is 9.98. The first-order valence-corrected chi connectivity index (χ1v) is 7.57. The number of hydrogen-bond donors (Lipinski definition) is 0. The summed E-state index contributed by atoms with van der Waals surface area (Å²) in [6.45, 7) is 4.08. The van der Waals surface area contributed by atoms with Gasteiger partial charge in [-0.25, -0.2) is 8.42 Å². The Balaban J connectivity index is 2.85. The number of rotatable bonds is 5. The number of Topliss-reactive ketones (excluding diaryl/α,β-unsaturated/α-hetero) is 1. The molecule has 0 aliphatic carbocycles. The fourth-order valence-electron chi connectivity index (χ4n) is 1.47. The number of ketones is 1. The van der Waals surface area contributed by atoms with Crippen molar-refractivity contribution in [3.8, 4) is 0 Å². The van der Waals surface area contributed by atoms with Crippen molar-refractivity contribution >= 4 is 15.6 Å². The van der Waals surface area contributed by atoms with Crippen LogP contribution in [-0.2, 0) is 9.84 Å². The Hall–Kier alpha value is -1.16. The van der Waals surface area contributed by atoms with Crippen molar-refractivity contribution in [2.24, 2.45) is 5.92 Å². The maximum absolute atomic E-state index is 11.8. The smallest absolute Gasteiger partial charge is 0.175 e. The summed E-state index contributed by atoms with van der Waals surface area (Å²) >= 11 is 0. The molecule has 0 radical (unpaired) electrons. The van der Waals surface area contributed by atoms with E-state index in [2.05, 4.69) is 0 Å². The zero-order chi connectivity index (χ0) is 13.1. The number of benzene rings is 1. The molecule has 1 aromatic carbocycles. The molecule has 0 saturated carbocycles. The minimum absolute atomic E-state index is 0.0689. The van der Waals surface area contributed by atoms with Gasteiger partial charge in [-0.05, 0) is 18.1 Å². The summed E-state index contributed by atoms with van der Waals surface area (Å²) < 4.78 is 22.5. The highest BCUT2D eigenvalue weighted by atomic mass is 32.2. The van der Waals surface area contributed by atoms with Crippen LogP contribution in [0, 0.1) is 5.92 Å². The van der Waals surface area contributed by atoms with Crippen LogP contribution in [0.15, 0.2) is 29.2 Å². The Kier molecular flexibility index (Phi) is 4.46. The fraction of sp³-hybridized carbons (Fsp3) is 0.462. The van der Waals surface area contributed by atoms with Crippen molar-refractivity contribution in [1.29, 1.82) is 0 Å². The van der Waals surface area contributed by atoms with Crippen LogP contribution in [0.1, 0.15) is 37.0 Å². The van der Waals surface area contributed by atoms with Gasteiger partial charge in [0, 0.05) is 18.2 Å². The molecular weight excluding hydrogens is 236 g/mol. The van der Waals surface area contributed by atoms with Crippen LogP contribution in [0.5, 0.6) is 0 Å². The standard InChI is InChI=1S/C13H18O3S/c1-4-10(2)9-13(14)11-5-7-12(8-6-11)17(3,15)16/h5-8,10H,4,9H2,1-3H3. The van der Waals surface area contributed by atoms with E-state index in [-0.39, 0.29) is 10.7 Å². The lowest BCUT2D eigenvalue weighted by Gasteiger charge is -2.07. The Bertz CT molecular complexity index is 486. The lowest BCUT2D eigenvalue weighted by molar-refractivity contribution is 0.0963. The average molecular weight is 254 g/mol. The number of sulfone groups is 1. The van der Waals surface area contributed by atoms with Crippen molar-refractivity contribution in [2.45, 2.75) is 31.6 Å². The molecule has 0 saturated heterocycles. The van der Waals surface area contributed by atoms with Crippen LogP contribution in [0.3, 0.4) is 0 Å². The summed E-state index contributed by atoms with van der Waals surface area (Å²) in [7, 11) is -3.18. The van der Waals surface area contributed by atoms with E-state index in [1.807, 2.05) is 13.8 Å². The molecular formula is C13H18O3S. The second-order valence-electron chi connectivity index (χ2n) is 4.44. The third-order valence-corrected chi connectivity index (χ3v) is 3.96. The van der Waals surface area contributed by atoms with Gasteiger partial charge in [-0.1, -0.05) is 32.4 Å². The molecule has 0 aliphatic rings. The summed E-state index contributed by atoms with van der Waals surface area (Å²) in [6, 6.07) is 6.14. The van der Waals surface area contributed by atoms with E-state index >= 15 is 0 Å². The van der Waals surface area contributed by atoms with Crippen molar-refractivity contribution in [2.75, 3.05) is 6.26 Å². The van der Waals surface area contributed by atoms with Crippen LogP contribution in [-0.4, -0.2) is 20.5 Å². The van der Waals surface area contributed by atoms with Crippen LogP contribution in [0.25, 0.3) is 0 Å². The van der Waals surface area contributed by atoms with Gasteiger partial charge < -0.3 is 0 Å². The molecule has 0 amide bonds. The van der Waals surface area contributed by atoms with Crippen LogP contribution >= 0.6 is 0 Å². The molecule has 0 spiro atoms. The predicted molar refractivity (Wildman–Crippen MR) is 68.0 cm³/mol. The topological polar surface area (TPSA) is 51.2 Å². The van der Waals surface area contributed by atoms with Crippen LogP contribution < -0.4 is 0 Å². The van der Waals surface area contributed by atoms with E-state index in [1.165, 1.54) is 12.1 Å². The molecule has 0 bridgehead atoms. The van der Waals surface area contributed by atoms with Crippen molar-refractivity contribution in [1.82, 2.24) is 0 Å². The molecule has 0 fully saturated rings. The molecule has 3 nitrogen and oxygen atoms in total. The zero-order valence-electron chi connectivity index (χ0n) is 10.4. The second-order valence-corrected chi connectivity index (χ2v) is 6.45. The van der Waals surface area contributed by atoms with Gasteiger partial charge in [0.15, 0.2) is 15.6 Å². The van der Waals surface area contributed by atoms with E-state index in [9.17, 15) is 13.2 Å². The van der Waals surface area contributed by atoms with Crippen molar-refractivity contribution in [3.63, 3.8) is 0 Å². The first kappa shape index (κ1) is 13.9. The van der Waals surface area contributed by atoms with Crippen LogP contribution in [0.2, 0.25) is 0 Å². The largest absolute Gasteiger partial charge is 0.294 e. The Morgan fingerprint density at radius 3 is 2.18 bits per heavy atom. The lowest BCUT2D eigenvalue weighted by Crippen LogP contribution is -2.06. The highest BCUT2D eigenvalue weighted by Crippen LogP contribution is 2.15. The summed E-state index contributed by atoms with van der Waals surface area (Å²) in [4.78, 5) is 12.1. The van der Waals surface area contributed by atoms with Gasteiger partial charge in [-0.2, -0.15) is 0 Å².